The minimum Gasteiger partial charge on any atom is -0.378 e. The minimum absolute atomic E-state index is 0.235. The fraction of sp³-hybridized carbons (Fsp3) is 0.968. The predicted octanol–water partition coefficient (Wildman–Crippen LogP) is 9.60. The van der Waals surface area contributed by atoms with Gasteiger partial charge in [-0.2, -0.15) is 0 Å². The first kappa shape index (κ1) is 34.4. The fourth-order valence-corrected chi connectivity index (χ4v) is 4.60. The molecule has 0 aliphatic carbocycles. The molecule has 4 nitrogen and oxygen atoms in total. The number of hydrogen-bond donors (Lipinski definition) is 0. The van der Waals surface area contributed by atoms with Gasteiger partial charge in [0, 0.05) is 13.2 Å². The average Bonchev–Trinajstić information content (AvgIpc) is 2.85. The van der Waals surface area contributed by atoms with Gasteiger partial charge in [0.1, 0.15) is 0 Å². The van der Waals surface area contributed by atoms with Crippen LogP contribution in [0.2, 0.25) is 0 Å². The van der Waals surface area contributed by atoms with Crippen molar-refractivity contribution < 1.29 is 14.3 Å². The van der Waals surface area contributed by atoms with Crippen molar-refractivity contribution in [3.05, 3.63) is 0 Å². The predicted molar refractivity (Wildman–Crippen MR) is 151 cm³/mol. The third-order valence-electron chi connectivity index (χ3n) is 7.02. The topological polar surface area (TPSA) is 59.3 Å². The molecule has 35 heavy (non-hydrogen) atoms. The molecule has 1 atom stereocenters. The van der Waals surface area contributed by atoms with Gasteiger partial charge in [-0.3, -0.25) is 10.5 Å². The van der Waals surface area contributed by atoms with E-state index in [1.54, 1.807) is 0 Å². The largest absolute Gasteiger partial charge is 0.378 e. The standard InChI is InChI=1S/C31H62NO3/c1-3-5-7-9-11-13-15-17-19-21-23-25-27-34-29-30(31(32)33)35-28-26-24-22-20-18-16-14-12-10-8-6-4-2/h30,32H,3-29H2,1-2H3. The van der Waals surface area contributed by atoms with Gasteiger partial charge in [-0.15, -0.1) is 0 Å². The van der Waals surface area contributed by atoms with Crippen molar-refractivity contribution in [2.45, 2.75) is 174 Å². The lowest BCUT2D eigenvalue weighted by molar-refractivity contribution is -0.134. The third kappa shape index (κ3) is 27.8. The van der Waals surface area contributed by atoms with Crippen LogP contribution in [0.1, 0.15) is 168 Å². The molecule has 0 fully saturated rings. The van der Waals surface area contributed by atoms with Gasteiger partial charge < -0.3 is 9.47 Å². The van der Waals surface area contributed by atoms with E-state index in [0.29, 0.717) is 13.2 Å². The molecule has 1 amide bonds. The maximum Gasteiger partial charge on any atom is 0.269 e. The molecular formula is C31H62NO3. The summed E-state index contributed by atoms with van der Waals surface area (Å²) in [6.07, 6.45) is 30.9. The fourth-order valence-electron chi connectivity index (χ4n) is 4.60. The Hall–Kier alpha value is -0.610. The lowest BCUT2D eigenvalue weighted by Crippen LogP contribution is -2.30. The van der Waals surface area contributed by atoms with E-state index < -0.39 is 12.0 Å². The molecule has 0 rings (SSSR count). The number of amides is 1. The summed E-state index contributed by atoms with van der Waals surface area (Å²) in [6.45, 7) is 6.01. The summed E-state index contributed by atoms with van der Waals surface area (Å²) in [7, 11) is 0. The van der Waals surface area contributed by atoms with Crippen LogP contribution < -0.4 is 5.73 Å². The Morgan fingerprint density at radius 1 is 0.514 bits per heavy atom. The molecule has 0 aromatic rings. The van der Waals surface area contributed by atoms with E-state index >= 15 is 0 Å². The summed E-state index contributed by atoms with van der Waals surface area (Å²) < 4.78 is 11.3. The molecule has 0 aliphatic rings. The van der Waals surface area contributed by atoms with Gasteiger partial charge in [0.15, 0.2) is 6.10 Å². The van der Waals surface area contributed by atoms with Crippen LogP contribution in [0.4, 0.5) is 0 Å². The highest BCUT2D eigenvalue weighted by Gasteiger charge is 2.16. The highest BCUT2D eigenvalue weighted by molar-refractivity contribution is 5.78. The summed E-state index contributed by atoms with van der Waals surface area (Å²) in [4.78, 5) is 11.5. The molecule has 209 valence electrons. The van der Waals surface area contributed by atoms with E-state index in [1.807, 2.05) is 0 Å². The molecule has 0 saturated carbocycles. The van der Waals surface area contributed by atoms with Crippen LogP contribution in [0, 0.1) is 0 Å². The first-order valence-corrected chi connectivity index (χ1v) is 15.7. The zero-order valence-electron chi connectivity index (χ0n) is 23.9. The van der Waals surface area contributed by atoms with E-state index in [1.165, 1.54) is 135 Å². The lowest BCUT2D eigenvalue weighted by atomic mass is 10.1. The van der Waals surface area contributed by atoms with Crippen LogP contribution in [-0.2, 0) is 14.3 Å². The molecule has 0 aromatic carbocycles. The first-order chi connectivity index (χ1) is 17.2. The summed E-state index contributed by atoms with van der Waals surface area (Å²) >= 11 is 0. The van der Waals surface area contributed by atoms with E-state index in [-0.39, 0.29) is 6.61 Å². The van der Waals surface area contributed by atoms with Crippen LogP contribution in [0.15, 0.2) is 0 Å². The van der Waals surface area contributed by atoms with Crippen LogP contribution in [-0.4, -0.2) is 31.8 Å². The second-order valence-corrected chi connectivity index (χ2v) is 10.6. The Morgan fingerprint density at radius 3 is 1.17 bits per heavy atom. The quantitative estimate of drug-likeness (QED) is 0.0930. The number of nitrogens with one attached hydrogen (secondary N) is 1. The number of unbranched alkanes of at least 4 members (excludes halogenated alkanes) is 22. The third-order valence-corrected chi connectivity index (χ3v) is 7.02. The lowest BCUT2D eigenvalue weighted by Gasteiger charge is -2.14. The highest BCUT2D eigenvalue weighted by Crippen LogP contribution is 2.13. The average molecular weight is 497 g/mol. The van der Waals surface area contributed by atoms with E-state index in [4.69, 9.17) is 15.2 Å². The summed E-state index contributed by atoms with van der Waals surface area (Å²) in [5, 5.41) is 0. The summed E-state index contributed by atoms with van der Waals surface area (Å²) in [6, 6.07) is 0. The van der Waals surface area contributed by atoms with Crippen LogP contribution >= 0.6 is 0 Å². The van der Waals surface area contributed by atoms with Crippen molar-refractivity contribution in [2.75, 3.05) is 19.8 Å². The summed E-state index contributed by atoms with van der Waals surface area (Å²) in [5.41, 5.74) is 7.43. The van der Waals surface area contributed by atoms with Gasteiger partial charge in [-0.05, 0) is 12.8 Å². The maximum absolute atomic E-state index is 11.5. The van der Waals surface area contributed by atoms with E-state index in [2.05, 4.69) is 13.8 Å². The van der Waals surface area contributed by atoms with Crippen molar-refractivity contribution in [1.82, 2.24) is 5.73 Å². The molecular weight excluding hydrogens is 434 g/mol. The van der Waals surface area contributed by atoms with Crippen molar-refractivity contribution in [3.8, 4) is 0 Å². The molecule has 1 N–H and O–H groups in total. The van der Waals surface area contributed by atoms with Crippen molar-refractivity contribution in [2.24, 2.45) is 0 Å². The molecule has 1 radical (unpaired) electrons. The van der Waals surface area contributed by atoms with Gasteiger partial charge in [0.25, 0.3) is 5.91 Å². The van der Waals surface area contributed by atoms with E-state index in [0.717, 1.165) is 19.3 Å². The van der Waals surface area contributed by atoms with Crippen molar-refractivity contribution in [3.63, 3.8) is 0 Å². The minimum atomic E-state index is -0.708. The molecule has 0 bridgehead atoms. The van der Waals surface area contributed by atoms with Crippen LogP contribution in [0.3, 0.4) is 0 Å². The molecule has 0 spiro atoms. The van der Waals surface area contributed by atoms with Crippen molar-refractivity contribution >= 4 is 5.91 Å². The van der Waals surface area contributed by atoms with Crippen LogP contribution in [0.5, 0.6) is 0 Å². The van der Waals surface area contributed by atoms with Crippen LogP contribution in [0.25, 0.3) is 0 Å². The monoisotopic (exact) mass is 496 g/mol. The van der Waals surface area contributed by atoms with Gasteiger partial charge in [0.05, 0.1) is 6.61 Å². The smallest absolute Gasteiger partial charge is 0.269 e. The first-order valence-electron chi connectivity index (χ1n) is 15.7. The van der Waals surface area contributed by atoms with Gasteiger partial charge >= 0.3 is 0 Å². The molecule has 1 unspecified atom stereocenters. The molecule has 0 aromatic heterocycles. The number of ether oxygens (including phenoxy) is 2. The van der Waals surface area contributed by atoms with Gasteiger partial charge in [0.2, 0.25) is 0 Å². The Kier molecular flexibility index (Phi) is 29.1. The van der Waals surface area contributed by atoms with Crippen molar-refractivity contribution in [1.29, 1.82) is 0 Å². The Labute approximate surface area is 219 Å². The van der Waals surface area contributed by atoms with Gasteiger partial charge in [-0.25, -0.2) is 0 Å². The van der Waals surface area contributed by atoms with Gasteiger partial charge in [-0.1, -0.05) is 155 Å². The Balaban J connectivity index is 3.40. The van der Waals surface area contributed by atoms with E-state index in [9.17, 15) is 4.79 Å². The normalized spacial score (nSPS) is 12.3. The zero-order valence-corrected chi connectivity index (χ0v) is 23.9. The number of carbonyl (C=O) groups excluding carboxylic acids is 1. The maximum atomic E-state index is 11.5. The Morgan fingerprint density at radius 2 is 0.829 bits per heavy atom. The SMILES string of the molecule is CCCCCCCCCCCCCCOCC(OCCCCCCCCCCCCCC)C([NH])=O. The highest BCUT2D eigenvalue weighted by atomic mass is 16.5. The molecule has 4 heteroatoms. The molecule has 0 heterocycles. The number of rotatable bonds is 30. The second kappa shape index (κ2) is 29.6. The number of carbonyl (C=O) groups is 1. The zero-order chi connectivity index (χ0) is 25.7. The molecule has 0 saturated heterocycles. The second-order valence-electron chi connectivity index (χ2n) is 10.6. The summed E-state index contributed by atoms with van der Waals surface area (Å²) in [5.74, 6) is -0.654. The number of hydrogen-bond acceptors (Lipinski definition) is 3. The molecule has 0 aliphatic heterocycles. The Bertz CT molecular complexity index is 416.